The number of benzene rings is 1. The number of pyridine rings is 1. The van der Waals surface area contributed by atoms with Crippen LogP contribution in [0.25, 0.3) is 32.5 Å². The zero-order chi connectivity index (χ0) is 24.1. The summed E-state index contributed by atoms with van der Waals surface area (Å²) in [4.78, 5) is 31.6. The van der Waals surface area contributed by atoms with Crippen LogP contribution in [0.1, 0.15) is 25.1 Å². The number of fused-ring (bicyclic) bond motifs is 2. The van der Waals surface area contributed by atoms with Crippen LogP contribution < -0.4 is 0 Å². The van der Waals surface area contributed by atoms with Crippen molar-refractivity contribution < 1.29 is 9.18 Å². The number of hydrogen-bond donors (Lipinski definition) is 0. The average molecular weight is 534 g/mol. The van der Waals surface area contributed by atoms with E-state index in [2.05, 4.69) is 35.8 Å². The van der Waals surface area contributed by atoms with Gasteiger partial charge in [-0.3, -0.25) is 9.78 Å². The molecule has 10 heteroatoms. The van der Waals surface area contributed by atoms with Gasteiger partial charge in [0, 0.05) is 24.7 Å². The third kappa shape index (κ3) is 3.93. The lowest BCUT2D eigenvalue weighted by Gasteiger charge is -2.36. The number of aromatic nitrogens is 5. The highest BCUT2D eigenvalue weighted by Gasteiger charge is 2.38. The highest BCUT2D eigenvalue weighted by molar-refractivity contribution is 9.10. The number of likely N-dealkylation sites (tertiary alicyclic amines) is 1. The fourth-order valence-corrected chi connectivity index (χ4v) is 5.59. The second kappa shape index (κ2) is 8.64. The highest BCUT2D eigenvalue weighted by atomic mass is 79.9. The van der Waals surface area contributed by atoms with Gasteiger partial charge < -0.3 is 4.90 Å². The third-order valence-electron chi connectivity index (χ3n) is 6.97. The van der Waals surface area contributed by atoms with Crippen LogP contribution in [0.3, 0.4) is 0 Å². The van der Waals surface area contributed by atoms with Crippen molar-refractivity contribution in [1.82, 2.24) is 29.6 Å². The van der Waals surface area contributed by atoms with E-state index in [4.69, 9.17) is 11.6 Å². The van der Waals surface area contributed by atoms with Gasteiger partial charge in [-0.15, -0.1) is 0 Å². The maximum atomic E-state index is 13.1. The van der Waals surface area contributed by atoms with Crippen molar-refractivity contribution in [3.63, 3.8) is 0 Å². The number of nitrogens with zero attached hydrogens (tertiary/aromatic N) is 7. The Morgan fingerprint density at radius 3 is 2.91 bits per heavy atom. The van der Waals surface area contributed by atoms with Crippen molar-refractivity contribution in [3.05, 3.63) is 58.5 Å². The minimum absolute atomic E-state index is 0.0332. The Morgan fingerprint density at radius 1 is 1.26 bits per heavy atom. The first-order chi connectivity index (χ1) is 17.0. The molecule has 1 aliphatic carbocycles. The molecule has 2 atom stereocenters. The standard InChI is InChI=1S/C25H21BrFN7O/c1-28-20-10-18(9-15-3-2-6-29-22(15)20)34-24-19(23(26)32-34)11-30-21(31-24)8-14-4-5-16(7-14)25(35)33-12-17(27)13-33/h2-3,6,9-11,14,16-17H,4-5,7-8,12-13H2/t14-,16-/m1/s1. The van der Waals surface area contributed by atoms with Crippen molar-refractivity contribution in [1.29, 1.82) is 0 Å². The van der Waals surface area contributed by atoms with Crippen molar-refractivity contribution in [3.8, 4) is 5.69 Å². The minimum atomic E-state index is -0.870. The fourth-order valence-electron chi connectivity index (χ4n) is 5.15. The molecule has 1 amide bonds. The van der Waals surface area contributed by atoms with Crippen LogP contribution in [-0.4, -0.2) is 54.8 Å². The Labute approximate surface area is 209 Å². The van der Waals surface area contributed by atoms with Gasteiger partial charge in [0.15, 0.2) is 5.65 Å². The summed E-state index contributed by atoms with van der Waals surface area (Å²) >= 11 is 3.51. The van der Waals surface area contributed by atoms with Crippen LogP contribution in [0.5, 0.6) is 0 Å². The van der Waals surface area contributed by atoms with E-state index in [1.54, 1.807) is 28.0 Å². The number of amides is 1. The molecule has 1 aliphatic heterocycles. The van der Waals surface area contributed by atoms with Crippen LogP contribution in [0, 0.1) is 18.4 Å². The molecule has 4 aromatic rings. The average Bonchev–Trinajstić information content (AvgIpc) is 3.45. The Hall–Kier alpha value is -3.45. The molecule has 8 nitrogen and oxygen atoms in total. The number of halogens is 2. The largest absolute Gasteiger partial charge is 0.336 e. The summed E-state index contributed by atoms with van der Waals surface area (Å²) in [6.07, 6.45) is 5.78. The summed E-state index contributed by atoms with van der Waals surface area (Å²) in [5.74, 6) is 1.06. The second-order valence-corrected chi connectivity index (χ2v) is 10.0. The van der Waals surface area contributed by atoms with E-state index in [0.29, 0.717) is 39.6 Å². The first-order valence-corrected chi connectivity index (χ1v) is 12.4. The molecule has 0 radical (unpaired) electrons. The van der Waals surface area contributed by atoms with Crippen molar-refractivity contribution >= 4 is 49.5 Å². The SMILES string of the molecule is [C-]#[N+]c1cc(-n2nc(Br)c3cnc(C[C@@H]4CC[C@@H](C(=O)N5CC(F)C5)C4)nc32)cc2cccnc12. The van der Waals surface area contributed by atoms with E-state index in [-0.39, 0.29) is 24.9 Å². The highest BCUT2D eigenvalue weighted by Crippen LogP contribution is 2.36. The second-order valence-electron chi connectivity index (χ2n) is 9.30. The summed E-state index contributed by atoms with van der Waals surface area (Å²) in [5, 5.41) is 6.25. The molecule has 0 spiro atoms. The van der Waals surface area contributed by atoms with Gasteiger partial charge in [0.2, 0.25) is 11.6 Å². The van der Waals surface area contributed by atoms with Crippen molar-refractivity contribution in [2.24, 2.45) is 11.8 Å². The zero-order valence-electron chi connectivity index (χ0n) is 18.7. The van der Waals surface area contributed by atoms with Gasteiger partial charge in [0.25, 0.3) is 0 Å². The predicted octanol–water partition coefficient (Wildman–Crippen LogP) is 4.82. The van der Waals surface area contributed by atoms with Crippen molar-refractivity contribution in [2.45, 2.75) is 31.9 Å². The number of rotatable bonds is 4. The predicted molar refractivity (Wildman–Crippen MR) is 132 cm³/mol. The first kappa shape index (κ1) is 22.0. The van der Waals surface area contributed by atoms with Gasteiger partial charge >= 0.3 is 0 Å². The van der Waals surface area contributed by atoms with E-state index >= 15 is 0 Å². The van der Waals surface area contributed by atoms with Gasteiger partial charge in [-0.1, -0.05) is 6.07 Å². The molecular formula is C25H21BrFN7O. The molecule has 1 aromatic carbocycles. The van der Waals surface area contributed by atoms with Gasteiger partial charge in [-0.05, 0) is 64.7 Å². The summed E-state index contributed by atoms with van der Waals surface area (Å²) in [7, 11) is 0. The lowest BCUT2D eigenvalue weighted by Crippen LogP contribution is -2.53. The summed E-state index contributed by atoms with van der Waals surface area (Å²) in [5.41, 5.74) is 2.49. The normalized spacial score (nSPS) is 20.3. The zero-order valence-corrected chi connectivity index (χ0v) is 20.3. The lowest BCUT2D eigenvalue weighted by molar-refractivity contribution is -0.142. The van der Waals surface area contributed by atoms with Crippen molar-refractivity contribution in [2.75, 3.05) is 13.1 Å². The van der Waals surface area contributed by atoms with Crippen LogP contribution in [0.4, 0.5) is 10.1 Å². The fraction of sp³-hybridized carbons (Fsp3) is 0.360. The van der Waals surface area contributed by atoms with Gasteiger partial charge in [-0.2, -0.15) is 5.10 Å². The molecule has 35 heavy (non-hydrogen) atoms. The lowest BCUT2D eigenvalue weighted by atomic mass is 9.99. The maximum absolute atomic E-state index is 13.1. The monoisotopic (exact) mass is 533 g/mol. The topological polar surface area (TPSA) is 81.2 Å². The maximum Gasteiger partial charge on any atom is 0.225 e. The summed E-state index contributed by atoms with van der Waals surface area (Å²) < 4.78 is 15.5. The van der Waals surface area contributed by atoms with Crippen LogP contribution in [-0.2, 0) is 11.2 Å². The van der Waals surface area contributed by atoms with Crippen LogP contribution in [0.15, 0.2) is 41.3 Å². The van der Waals surface area contributed by atoms with E-state index in [9.17, 15) is 9.18 Å². The minimum Gasteiger partial charge on any atom is -0.336 e. The molecule has 0 bridgehead atoms. The number of hydrogen-bond acceptors (Lipinski definition) is 5. The number of carbonyl (C=O) groups is 1. The van der Waals surface area contributed by atoms with Crippen LogP contribution in [0.2, 0.25) is 0 Å². The van der Waals surface area contributed by atoms with Crippen LogP contribution >= 0.6 is 15.9 Å². The van der Waals surface area contributed by atoms with E-state index < -0.39 is 6.17 Å². The molecule has 0 N–H and O–H groups in total. The van der Waals surface area contributed by atoms with E-state index in [1.807, 2.05) is 18.2 Å². The van der Waals surface area contributed by atoms with Gasteiger partial charge in [0.1, 0.15) is 16.6 Å². The smallest absolute Gasteiger partial charge is 0.225 e. The molecule has 0 unspecified atom stereocenters. The molecule has 1 saturated heterocycles. The van der Waals surface area contributed by atoms with Gasteiger partial charge in [0.05, 0.1) is 36.3 Å². The Morgan fingerprint density at radius 2 is 2.11 bits per heavy atom. The molecule has 2 fully saturated rings. The Kier molecular flexibility index (Phi) is 5.44. The summed E-state index contributed by atoms with van der Waals surface area (Å²) in [6, 6.07) is 7.48. The molecular weight excluding hydrogens is 513 g/mol. The molecule has 2 aliphatic rings. The molecule has 1 saturated carbocycles. The molecule has 3 aromatic heterocycles. The van der Waals surface area contributed by atoms with Gasteiger partial charge in [-0.25, -0.2) is 23.9 Å². The quantitative estimate of drug-likeness (QED) is 0.351. The Bertz CT molecular complexity index is 1510. The molecule has 176 valence electrons. The van der Waals surface area contributed by atoms with E-state index in [0.717, 1.165) is 35.7 Å². The Balaban J connectivity index is 1.28. The van der Waals surface area contributed by atoms with E-state index in [1.165, 1.54) is 0 Å². The molecule has 6 rings (SSSR count). The summed E-state index contributed by atoms with van der Waals surface area (Å²) in [6.45, 7) is 8.06. The molecule has 4 heterocycles. The first-order valence-electron chi connectivity index (χ1n) is 11.6. The number of alkyl halides is 1. The third-order valence-corrected chi connectivity index (χ3v) is 7.56. The number of carbonyl (C=O) groups excluding carboxylic acids is 1.